The molecule has 0 fully saturated rings. The molecule has 0 saturated heterocycles. The zero-order valence-electron chi connectivity index (χ0n) is 7.66. The molecule has 2 nitrogen and oxygen atoms in total. The third-order valence-electron chi connectivity index (χ3n) is 2.66. The van der Waals surface area contributed by atoms with Gasteiger partial charge in [-0.2, -0.15) is 0 Å². The minimum absolute atomic E-state index is 0.687. The second kappa shape index (κ2) is 3.58. The minimum Gasteiger partial charge on any atom is -0.409 e. The molecule has 0 amide bonds. The van der Waals surface area contributed by atoms with Crippen LogP contribution in [0.15, 0.2) is 12.3 Å². The highest BCUT2D eigenvalue weighted by atomic mass is 32.1. The molecular weight excluding hydrogens is 182 g/mol. The van der Waals surface area contributed by atoms with Gasteiger partial charge in [0.05, 0.1) is 0 Å². The molecule has 70 valence electrons. The van der Waals surface area contributed by atoms with E-state index < -0.39 is 0 Å². The summed E-state index contributed by atoms with van der Waals surface area (Å²) >= 11 is 3.81. The number of aryl methyl sites for hydroxylation is 1. The molecule has 0 N–H and O–H groups in total. The number of aromatic nitrogens is 1. The van der Waals surface area contributed by atoms with E-state index in [2.05, 4.69) is 30.9 Å². The van der Waals surface area contributed by atoms with Gasteiger partial charge in [0.25, 0.3) is 0 Å². The summed E-state index contributed by atoms with van der Waals surface area (Å²) in [5, 5.41) is 0. The van der Waals surface area contributed by atoms with Crippen molar-refractivity contribution in [2.24, 2.45) is 5.92 Å². The third-order valence-corrected chi connectivity index (χ3v) is 2.83. The van der Waals surface area contributed by atoms with Crippen LogP contribution >= 0.6 is 12.9 Å². The molecule has 0 saturated carbocycles. The van der Waals surface area contributed by atoms with E-state index in [1.165, 1.54) is 17.5 Å². The van der Waals surface area contributed by atoms with Crippen LogP contribution in [0.3, 0.4) is 0 Å². The molecule has 13 heavy (non-hydrogen) atoms. The minimum atomic E-state index is 0.687. The predicted octanol–water partition coefficient (Wildman–Crippen LogP) is 2.43. The summed E-state index contributed by atoms with van der Waals surface area (Å²) in [6, 6.07) is 2.08. The number of rotatable bonds is 1. The Kier molecular flexibility index (Phi) is 2.44. The zero-order chi connectivity index (χ0) is 9.26. The summed E-state index contributed by atoms with van der Waals surface area (Å²) in [6.45, 7) is 2.26. The van der Waals surface area contributed by atoms with E-state index in [0.717, 1.165) is 18.8 Å². The van der Waals surface area contributed by atoms with Crippen molar-refractivity contribution in [1.29, 1.82) is 0 Å². The number of hydrogen-bond acceptors (Lipinski definition) is 3. The van der Waals surface area contributed by atoms with Crippen molar-refractivity contribution >= 4 is 12.9 Å². The fourth-order valence-corrected chi connectivity index (χ4v) is 2.05. The Labute approximate surface area is 83.9 Å². The molecule has 2 rings (SSSR count). The van der Waals surface area contributed by atoms with Crippen molar-refractivity contribution < 1.29 is 4.18 Å². The number of nitrogens with zero attached hydrogens (tertiary/aromatic N) is 1. The summed E-state index contributed by atoms with van der Waals surface area (Å²) in [5.41, 5.74) is 2.62. The van der Waals surface area contributed by atoms with Gasteiger partial charge in [0.2, 0.25) is 5.88 Å². The van der Waals surface area contributed by atoms with Crippen LogP contribution in [-0.2, 0) is 12.8 Å². The average molecular weight is 195 g/mol. The summed E-state index contributed by atoms with van der Waals surface area (Å²) in [5.74, 6) is 1.42. The predicted molar refractivity (Wildman–Crippen MR) is 55.0 cm³/mol. The first-order chi connectivity index (χ1) is 6.31. The third kappa shape index (κ3) is 1.66. The highest BCUT2D eigenvalue weighted by Crippen LogP contribution is 2.30. The maximum Gasteiger partial charge on any atom is 0.230 e. The quantitative estimate of drug-likeness (QED) is 0.549. The largest absolute Gasteiger partial charge is 0.409 e. The van der Waals surface area contributed by atoms with Crippen LogP contribution in [0.2, 0.25) is 0 Å². The van der Waals surface area contributed by atoms with Crippen molar-refractivity contribution in [3.05, 3.63) is 23.4 Å². The van der Waals surface area contributed by atoms with Gasteiger partial charge in [0, 0.05) is 24.7 Å². The highest BCUT2D eigenvalue weighted by molar-refractivity contribution is 7.75. The lowest BCUT2D eigenvalue weighted by atomic mass is 9.86. The standard InChI is InChI=1S/C10H13NOS/c1-7-2-3-8-4-5-11-10(12-13)9(8)6-7/h4-5,7,13H,2-3,6H2,1H3. The Morgan fingerprint density at radius 1 is 1.62 bits per heavy atom. The van der Waals surface area contributed by atoms with Crippen molar-refractivity contribution in [2.45, 2.75) is 26.2 Å². The Bertz CT molecular complexity index is 300. The molecule has 0 spiro atoms. The lowest BCUT2D eigenvalue weighted by Crippen LogP contribution is -2.12. The molecule has 0 aromatic carbocycles. The van der Waals surface area contributed by atoms with Crippen LogP contribution in [0.5, 0.6) is 5.88 Å². The highest BCUT2D eigenvalue weighted by Gasteiger charge is 2.19. The van der Waals surface area contributed by atoms with E-state index in [9.17, 15) is 0 Å². The summed E-state index contributed by atoms with van der Waals surface area (Å²) in [7, 11) is 0. The molecule has 1 atom stereocenters. The summed E-state index contributed by atoms with van der Waals surface area (Å²) in [4.78, 5) is 4.15. The van der Waals surface area contributed by atoms with E-state index in [1.807, 2.05) is 0 Å². The molecule has 1 aliphatic carbocycles. The lowest BCUT2D eigenvalue weighted by molar-refractivity contribution is 0.484. The molecule has 0 bridgehead atoms. The van der Waals surface area contributed by atoms with Crippen LogP contribution in [0.25, 0.3) is 0 Å². The molecule has 0 radical (unpaired) electrons. The molecular formula is C10H13NOS. The molecule has 0 aliphatic heterocycles. The Morgan fingerprint density at radius 2 is 2.46 bits per heavy atom. The molecule has 1 aromatic rings. The maximum atomic E-state index is 4.94. The van der Waals surface area contributed by atoms with Crippen molar-refractivity contribution in [3.8, 4) is 5.88 Å². The van der Waals surface area contributed by atoms with Crippen LogP contribution in [-0.4, -0.2) is 4.98 Å². The van der Waals surface area contributed by atoms with Gasteiger partial charge in [-0.1, -0.05) is 6.92 Å². The lowest BCUT2D eigenvalue weighted by Gasteiger charge is -2.21. The second-order valence-corrected chi connectivity index (χ2v) is 3.88. The fraction of sp³-hybridized carbons (Fsp3) is 0.500. The van der Waals surface area contributed by atoms with Crippen molar-refractivity contribution in [1.82, 2.24) is 4.98 Å². The number of pyridine rings is 1. The topological polar surface area (TPSA) is 22.1 Å². The first-order valence-electron chi connectivity index (χ1n) is 4.59. The van der Waals surface area contributed by atoms with Crippen molar-refractivity contribution in [3.63, 3.8) is 0 Å². The van der Waals surface area contributed by atoms with E-state index in [1.54, 1.807) is 6.20 Å². The first kappa shape index (κ1) is 8.88. The SMILES string of the molecule is CC1CCc2ccnc(OS)c2C1. The molecule has 1 heterocycles. The Balaban J connectivity index is 2.41. The van der Waals surface area contributed by atoms with E-state index in [0.29, 0.717) is 5.88 Å². The van der Waals surface area contributed by atoms with E-state index in [-0.39, 0.29) is 0 Å². The zero-order valence-corrected chi connectivity index (χ0v) is 8.55. The van der Waals surface area contributed by atoms with E-state index in [4.69, 9.17) is 4.18 Å². The van der Waals surface area contributed by atoms with Crippen LogP contribution in [0, 0.1) is 5.92 Å². The van der Waals surface area contributed by atoms with Gasteiger partial charge in [0.1, 0.15) is 0 Å². The molecule has 1 unspecified atom stereocenters. The van der Waals surface area contributed by atoms with Crippen LogP contribution < -0.4 is 4.18 Å². The molecule has 1 aromatic heterocycles. The number of hydrogen-bond donors (Lipinski definition) is 1. The molecule has 1 aliphatic rings. The van der Waals surface area contributed by atoms with E-state index >= 15 is 0 Å². The van der Waals surface area contributed by atoms with Gasteiger partial charge < -0.3 is 4.18 Å². The van der Waals surface area contributed by atoms with Gasteiger partial charge in [-0.25, -0.2) is 4.98 Å². The first-order valence-corrected chi connectivity index (χ1v) is 4.96. The number of fused-ring (bicyclic) bond motifs is 1. The van der Waals surface area contributed by atoms with Crippen LogP contribution in [0.4, 0.5) is 0 Å². The van der Waals surface area contributed by atoms with Gasteiger partial charge in [-0.3, -0.25) is 0 Å². The molecule has 3 heteroatoms. The van der Waals surface area contributed by atoms with Gasteiger partial charge in [0.15, 0.2) is 0 Å². The Morgan fingerprint density at radius 3 is 3.23 bits per heavy atom. The number of thiol groups is 1. The van der Waals surface area contributed by atoms with Gasteiger partial charge in [-0.05, 0) is 36.8 Å². The van der Waals surface area contributed by atoms with Gasteiger partial charge >= 0.3 is 0 Å². The maximum absolute atomic E-state index is 4.94. The fourth-order valence-electron chi connectivity index (χ4n) is 1.89. The van der Waals surface area contributed by atoms with Crippen LogP contribution in [0.1, 0.15) is 24.5 Å². The van der Waals surface area contributed by atoms with Gasteiger partial charge in [-0.15, -0.1) is 0 Å². The summed E-state index contributed by atoms with van der Waals surface area (Å²) < 4.78 is 4.94. The monoisotopic (exact) mass is 195 g/mol. The normalized spacial score (nSPS) is 20.9. The summed E-state index contributed by atoms with van der Waals surface area (Å²) in [6.07, 6.45) is 5.27. The Hall–Kier alpha value is -0.700. The average Bonchev–Trinajstić information content (AvgIpc) is 2.17. The smallest absolute Gasteiger partial charge is 0.230 e. The van der Waals surface area contributed by atoms with Crippen molar-refractivity contribution in [2.75, 3.05) is 0 Å². The second-order valence-electron chi connectivity index (χ2n) is 3.69.